The summed E-state index contributed by atoms with van der Waals surface area (Å²) in [6.07, 6.45) is 3.46. The standard InChI is InChI=1S/C12H12FN3O2/c13-8-6-14-3-1-7(8)12(18)16-4-2-9-10(16)5-11(17)15-9/h1,3,6,9-10H,2,4-5H2,(H,15,17)/t9-,10+/m0/s1. The van der Waals surface area contributed by atoms with E-state index in [4.69, 9.17) is 0 Å². The van der Waals surface area contributed by atoms with Crippen LogP contribution >= 0.6 is 0 Å². The van der Waals surface area contributed by atoms with Gasteiger partial charge in [0, 0.05) is 19.2 Å². The minimum atomic E-state index is -0.622. The van der Waals surface area contributed by atoms with Crippen LogP contribution in [0.1, 0.15) is 23.2 Å². The summed E-state index contributed by atoms with van der Waals surface area (Å²) in [7, 11) is 0. The molecule has 3 heterocycles. The first-order valence-electron chi connectivity index (χ1n) is 5.86. The minimum absolute atomic E-state index is 0.0185. The summed E-state index contributed by atoms with van der Waals surface area (Å²) in [6, 6.07) is 1.25. The zero-order valence-electron chi connectivity index (χ0n) is 9.60. The molecule has 1 aromatic rings. The van der Waals surface area contributed by atoms with Gasteiger partial charge >= 0.3 is 0 Å². The number of aromatic nitrogens is 1. The summed E-state index contributed by atoms with van der Waals surface area (Å²) in [5.74, 6) is -1.03. The van der Waals surface area contributed by atoms with Crippen molar-refractivity contribution in [3.63, 3.8) is 0 Å². The number of carbonyl (C=O) groups is 2. The smallest absolute Gasteiger partial charge is 0.257 e. The predicted octanol–water partition coefficient (Wildman–Crippen LogP) is 0.324. The molecule has 94 valence electrons. The van der Waals surface area contributed by atoms with Crippen molar-refractivity contribution in [3.05, 3.63) is 29.8 Å². The van der Waals surface area contributed by atoms with Crippen molar-refractivity contribution in [3.8, 4) is 0 Å². The second kappa shape index (κ2) is 4.04. The Hall–Kier alpha value is -1.98. The van der Waals surface area contributed by atoms with E-state index in [-0.39, 0.29) is 29.5 Å². The van der Waals surface area contributed by atoms with Gasteiger partial charge in [0.05, 0.1) is 23.8 Å². The van der Waals surface area contributed by atoms with Gasteiger partial charge in [-0.1, -0.05) is 0 Å². The zero-order valence-corrected chi connectivity index (χ0v) is 9.60. The summed E-state index contributed by atoms with van der Waals surface area (Å²) >= 11 is 0. The molecule has 0 spiro atoms. The molecule has 0 aromatic carbocycles. The number of carbonyl (C=O) groups excluding carboxylic acids is 2. The Morgan fingerprint density at radius 1 is 1.56 bits per heavy atom. The lowest BCUT2D eigenvalue weighted by atomic mass is 10.1. The number of pyridine rings is 1. The Morgan fingerprint density at radius 3 is 3.17 bits per heavy atom. The SMILES string of the molecule is O=C1C[C@@H]2[C@H](CCN2C(=O)c2ccncc2F)N1. The molecular formula is C12H12FN3O2. The molecule has 6 heteroatoms. The quantitative estimate of drug-likeness (QED) is 0.780. The molecule has 0 bridgehead atoms. The highest BCUT2D eigenvalue weighted by molar-refractivity contribution is 5.95. The Labute approximate surface area is 103 Å². The molecule has 2 atom stereocenters. The van der Waals surface area contributed by atoms with Gasteiger partial charge in [0.15, 0.2) is 5.82 Å². The Bertz CT molecular complexity index is 520. The van der Waals surface area contributed by atoms with Gasteiger partial charge < -0.3 is 10.2 Å². The van der Waals surface area contributed by atoms with Gasteiger partial charge in [0.1, 0.15) is 0 Å². The van der Waals surface area contributed by atoms with Crippen LogP contribution < -0.4 is 5.32 Å². The van der Waals surface area contributed by atoms with E-state index in [0.29, 0.717) is 13.0 Å². The number of hydrogen-bond acceptors (Lipinski definition) is 3. The van der Waals surface area contributed by atoms with E-state index in [9.17, 15) is 14.0 Å². The molecule has 3 rings (SSSR count). The van der Waals surface area contributed by atoms with E-state index in [2.05, 4.69) is 10.3 Å². The Kier molecular flexibility index (Phi) is 2.50. The van der Waals surface area contributed by atoms with Crippen molar-refractivity contribution >= 4 is 11.8 Å². The highest BCUT2D eigenvalue weighted by Crippen LogP contribution is 2.27. The van der Waals surface area contributed by atoms with Crippen molar-refractivity contribution in [2.45, 2.75) is 24.9 Å². The number of nitrogens with one attached hydrogen (secondary N) is 1. The van der Waals surface area contributed by atoms with Crippen LogP contribution in [0.5, 0.6) is 0 Å². The number of rotatable bonds is 1. The van der Waals surface area contributed by atoms with Crippen LogP contribution in [0, 0.1) is 5.82 Å². The van der Waals surface area contributed by atoms with Crippen molar-refractivity contribution in [2.24, 2.45) is 0 Å². The van der Waals surface area contributed by atoms with Gasteiger partial charge in [-0.3, -0.25) is 14.6 Å². The van der Waals surface area contributed by atoms with Crippen LogP contribution in [0.25, 0.3) is 0 Å². The van der Waals surface area contributed by atoms with Crippen LogP contribution in [0.4, 0.5) is 4.39 Å². The first kappa shape index (κ1) is 11.1. The maximum atomic E-state index is 13.5. The van der Waals surface area contributed by atoms with Gasteiger partial charge in [-0.25, -0.2) is 4.39 Å². The number of fused-ring (bicyclic) bond motifs is 1. The summed E-state index contributed by atoms with van der Waals surface area (Å²) < 4.78 is 13.5. The first-order valence-corrected chi connectivity index (χ1v) is 5.86. The van der Waals surface area contributed by atoms with Crippen LogP contribution in [0.15, 0.2) is 18.5 Å². The summed E-state index contributed by atoms with van der Waals surface area (Å²) in [5.41, 5.74) is 0.0185. The molecule has 5 nitrogen and oxygen atoms in total. The molecule has 1 N–H and O–H groups in total. The average molecular weight is 249 g/mol. The maximum absolute atomic E-state index is 13.5. The van der Waals surface area contributed by atoms with Crippen molar-refractivity contribution in [2.75, 3.05) is 6.54 Å². The third kappa shape index (κ3) is 1.64. The monoisotopic (exact) mass is 249 g/mol. The first-order chi connectivity index (χ1) is 8.66. The van der Waals surface area contributed by atoms with Gasteiger partial charge in [-0.05, 0) is 12.5 Å². The molecular weight excluding hydrogens is 237 g/mol. The fourth-order valence-electron chi connectivity index (χ4n) is 2.69. The molecule has 2 amide bonds. The highest BCUT2D eigenvalue weighted by atomic mass is 19.1. The van der Waals surface area contributed by atoms with E-state index in [1.165, 1.54) is 12.3 Å². The zero-order chi connectivity index (χ0) is 12.7. The topological polar surface area (TPSA) is 62.3 Å². The predicted molar refractivity (Wildman–Crippen MR) is 60.2 cm³/mol. The summed E-state index contributed by atoms with van der Waals surface area (Å²) in [6.45, 7) is 0.552. The number of halogens is 1. The van der Waals surface area contributed by atoms with Gasteiger partial charge in [-0.2, -0.15) is 0 Å². The molecule has 2 saturated heterocycles. The summed E-state index contributed by atoms with van der Waals surface area (Å²) in [4.78, 5) is 28.7. The third-order valence-corrected chi connectivity index (χ3v) is 3.55. The average Bonchev–Trinajstić information content (AvgIpc) is 2.87. The lowest BCUT2D eigenvalue weighted by Gasteiger charge is -2.22. The van der Waals surface area contributed by atoms with Crippen molar-refractivity contribution in [1.29, 1.82) is 0 Å². The fraction of sp³-hybridized carbons (Fsp3) is 0.417. The molecule has 2 aliphatic heterocycles. The van der Waals surface area contributed by atoms with Crippen LogP contribution in [0.3, 0.4) is 0 Å². The number of likely N-dealkylation sites (tertiary alicyclic amines) is 1. The lowest BCUT2D eigenvalue weighted by Crippen LogP contribution is -2.38. The minimum Gasteiger partial charge on any atom is -0.351 e. The highest BCUT2D eigenvalue weighted by Gasteiger charge is 2.43. The van der Waals surface area contributed by atoms with Crippen molar-refractivity contribution < 1.29 is 14.0 Å². The normalized spacial score (nSPS) is 26.1. The van der Waals surface area contributed by atoms with E-state index in [1.807, 2.05) is 0 Å². The maximum Gasteiger partial charge on any atom is 0.257 e. The fourth-order valence-corrected chi connectivity index (χ4v) is 2.69. The van der Waals surface area contributed by atoms with Crippen molar-refractivity contribution in [1.82, 2.24) is 15.2 Å². The second-order valence-electron chi connectivity index (χ2n) is 4.59. The van der Waals surface area contributed by atoms with Gasteiger partial charge in [-0.15, -0.1) is 0 Å². The Morgan fingerprint density at radius 2 is 2.39 bits per heavy atom. The molecule has 0 radical (unpaired) electrons. The molecule has 0 unspecified atom stereocenters. The molecule has 2 aliphatic rings. The van der Waals surface area contributed by atoms with Crippen LogP contribution in [-0.2, 0) is 4.79 Å². The summed E-state index contributed by atoms with van der Waals surface area (Å²) in [5, 5.41) is 2.83. The molecule has 18 heavy (non-hydrogen) atoms. The largest absolute Gasteiger partial charge is 0.351 e. The third-order valence-electron chi connectivity index (χ3n) is 3.55. The molecule has 0 aliphatic carbocycles. The lowest BCUT2D eigenvalue weighted by molar-refractivity contribution is -0.119. The van der Waals surface area contributed by atoms with E-state index in [0.717, 1.165) is 12.6 Å². The van der Waals surface area contributed by atoms with Gasteiger partial charge in [0.25, 0.3) is 5.91 Å². The number of amides is 2. The van der Waals surface area contributed by atoms with Gasteiger partial charge in [0.2, 0.25) is 5.91 Å². The molecule has 1 aromatic heterocycles. The molecule has 2 fully saturated rings. The van der Waals surface area contributed by atoms with Crippen LogP contribution in [-0.4, -0.2) is 40.3 Å². The number of nitrogens with zero attached hydrogens (tertiary/aromatic N) is 2. The second-order valence-corrected chi connectivity index (χ2v) is 4.59. The van der Waals surface area contributed by atoms with E-state index < -0.39 is 5.82 Å². The Balaban J connectivity index is 1.86. The van der Waals surface area contributed by atoms with Crippen LogP contribution in [0.2, 0.25) is 0 Å². The molecule has 0 saturated carbocycles. The van der Waals surface area contributed by atoms with E-state index >= 15 is 0 Å². The number of hydrogen-bond donors (Lipinski definition) is 1. The van der Waals surface area contributed by atoms with E-state index in [1.54, 1.807) is 4.90 Å².